The van der Waals surface area contributed by atoms with Crippen LogP contribution in [-0.2, 0) is 0 Å². The number of dihydropyridines is 1. The van der Waals surface area contributed by atoms with Gasteiger partial charge in [-0.2, -0.15) is 0 Å². The molecule has 1 aliphatic heterocycles. The summed E-state index contributed by atoms with van der Waals surface area (Å²) >= 11 is 5.61. The summed E-state index contributed by atoms with van der Waals surface area (Å²) in [7, 11) is 5.39. The largest absolute Gasteiger partial charge is 0.373 e. The third-order valence-corrected chi connectivity index (χ3v) is 1.30. The first-order valence-corrected chi connectivity index (χ1v) is 2.76. The number of halogens is 1. The zero-order chi connectivity index (χ0) is 5.98. The predicted octanol–water partition coefficient (Wildman–Crippen LogP) is 0.721. The van der Waals surface area contributed by atoms with E-state index < -0.39 is 0 Å². The molecule has 0 amide bonds. The molecule has 0 aromatic heterocycles. The van der Waals surface area contributed by atoms with Gasteiger partial charge in [0.25, 0.3) is 0 Å². The summed E-state index contributed by atoms with van der Waals surface area (Å²) in [6.07, 6.45) is 5.34. The molecular formula is C5H5BClN. The first kappa shape index (κ1) is 5.77. The van der Waals surface area contributed by atoms with Crippen LogP contribution in [0.5, 0.6) is 0 Å². The van der Waals surface area contributed by atoms with Gasteiger partial charge < -0.3 is 5.32 Å². The second-order valence-corrected chi connectivity index (χ2v) is 1.99. The van der Waals surface area contributed by atoms with Crippen molar-refractivity contribution in [3.8, 4) is 0 Å². The molecular weight excluding hydrogens is 120 g/mol. The Morgan fingerprint density at radius 1 is 1.75 bits per heavy atom. The smallest absolute Gasteiger partial charge is 0.113 e. The molecule has 3 heteroatoms. The molecule has 40 valence electrons. The summed E-state index contributed by atoms with van der Waals surface area (Å²) in [5, 5.41) is 2.82. The lowest BCUT2D eigenvalue weighted by Gasteiger charge is -2.12. The molecule has 0 spiro atoms. The van der Waals surface area contributed by atoms with Crippen molar-refractivity contribution in [3.05, 3.63) is 23.8 Å². The molecule has 0 aromatic rings. The summed E-state index contributed by atoms with van der Waals surface area (Å²) in [6, 6.07) is 0. The highest BCUT2D eigenvalue weighted by Crippen LogP contribution is 2.05. The van der Waals surface area contributed by atoms with Crippen molar-refractivity contribution in [2.45, 2.75) is 5.50 Å². The van der Waals surface area contributed by atoms with Crippen LogP contribution in [0.2, 0.25) is 0 Å². The minimum absolute atomic E-state index is 0.222. The van der Waals surface area contributed by atoms with Crippen LogP contribution in [0.1, 0.15) is 0 Å². The fourth-order valence-electron chi connectivity index (χ4n) is 0.480. The number of allylic oxidation sites excluding steroid dienone is 2. The highest BCUT2D eigenvalue weighted by molar-refractivity contribution is 6.33. The van der Waals surface area contributed by atoms with Gasteiger partial charge >= 0.3 is 0 Å². The summed E-state index contributed by atoms with van der Waals surface area (Å²) in [4.78, 5) is 0. The molecule has 1 unspecified atom stereocenters. The van der Waals surface area contributed by atoms with Gasteiger partial charge in [-0.15, -0.1) is 0 Å². The molecule has 0 fully saturated rings. The normalized spacial score (nSPS) is 26.6. The van der Waals surface area contributed by atoms with E-state index in [9.17, 15) is 0 Å². The first-order chi connectivity index (χ1) is 3.80. The topological polar surface area (TPSA) is 12.0 Å². The van der Waals surface area contributed by atoms with Crippen molar-refractivity contribution in [1.82, 2.24) is 5.32 Å². The molecule has 0 aliphatic carbocycles. The van der Waals surface area contributed by atoms with Crippen molar-refractivity contribution in [2.75, 3.05) is 0 Å². The summed E-state index contributed by atoms with van der Waals surface area (Å²) in [5.41, 5.74) is 0.439. The van der Waals surface area contributed by atoms with Gasteiger partial charge in [0.05, 0.1) is 0 Å². The fourth-order valence-corrected chi connectivity index (χ4v) is 0.625. The SMILES string of the molecule is [B]C1=CC=CNC1Cl. The van der Waals surface area contributed by atoms with Crippen LogP contribution < -0.4 is 5.32 Å². The monoisotopic (exact) mass is 125 g/mol. The molecule has 1 atom stereocenters. The van der Waals surface area contributed by atoms with Crippen LogP contribution >= 0.6 is 11.6 Å². The van der Waals surface area contributed by atoms with Crippen LogP contribution in [0.25, 0.3) is 0 Å². The summed E-state index contributed by atoms with van der Waals surface area (Å²) in [6.45, 7) is 0. The lowest BCUT2D eigenvalue weighted by molar-refractivity contribution is 0.888. The third-order valence-electron chi connectivity index (χ3n) is 0.920. The highest BCUT2D eigenvalue weighted by atomic mass is 35.5. The van der Waals surface area contributed by atoms with Crippen molar-refractivity contribution in [3.63, 3.8) is 0 Å². The lowest BCUT2D eigenvalue weighted by Crippen LogP contribution is -2.22. The van der Waals surface area contributed by atoms with E-state index in [2.05, 4.69) is 5.32 Å². The Balaban J connectivity index is 2.66. The Kier molecular flexibility index (Phi) is 1.64. The molecule has 0 saturated carbocycles. The van der Waals surface area contributed by atoms with E-state index in [1.165, 1.54) is 0 Å². The zero-order valence-electron chi connectivity index (χ0n) is 4.26. The standard InChI is InChI=1S/C5H5BClN/c6-4-2-1-3-8-5(4)7/h1-3,5,8H. The molecule has 1 N–H and O–H groups in total. The Labute approximate surface area is 54.8 Å². The third kappa shape index (κ3) is 1.07. The van der Waals surface area contributed by atoms with Crippen LogP contribution in [0.3, 0.4) is 0 Å². The van der Waals surface area contributed by atoms with Gasteiger partial charge in [0.15, 0.2) is 0 Å². The molecule has 0 saturated heterocycles. The summed E-state index contributed by atoms with van der Waals surface area (Å²) in [5.74, 6) is 0. The van der Waals surface area contributed by atoms with Crippen LogP contribution in [0.15, 0.2) is 23.8 Å². The van der Waals surface area contributed by atoms with Gasteiger partial charge in [-0.25, -0.2) is 0 Å². The molecule has 0 aromatic carbocycles. The molecule has 1 rings (SSSR count). The maximum absolute atomic E-state index is 5.61. The van der Waals surface area contributed by atoms with Crippen LogP contribution in [0, 0.1) is 0 Å². The minimum Gasteiger partial charge on any atom is -0.373 e. The highest BCUT2D eigenvalue weighted by Gasteiger charge is 2.02. The Morgan fingerprint density at radius 2 is 2.50 bits per heavy atom. The molecule has 1 aliphatic rings. The second-order valence-electron chi connectivity index (χ2n) is 1.56. The van der Waals surface area contributed by atoms with Crippen molar-refractivity contribution in [2.24, 2.45) is 0 Å². The molecule has 0 bridgehead atoms. The molecule has 1 heterocycles. The van der Waals surface area contributed by atoms with E-state index in [4.69, 9.17) is 19.4 Å². The first-order valence-electron chi connectivity index (χ1n) is 2.33. The molecule has 2 radical (unpaired) electrons. The van der Waals surface area contributed by atoms with Gasteiger partial charge in [-0.05, 0) is 12.3 Å². The number of hydrogen-bond acceptors (Lipinski definition) is 1. The van der Waals surface area contributed by atoms with E-state index in [0.29, 0.717) is 5.47 Å². The molecule has 8 heavy (non-hydrogen) atoms. The van der Waals surface area contributed by atoms with E-state index in [1.54, 1.807) is 12.3 Å². The number of rotatable bonds is 0. The van der Waals surface area contributed by atoms with Gasteiger partial charge in [-0.1, -0.05) is 23.1 Å². The van der Waals surface area contributed by atoms with E-state index in [1.807, 2.05) is 6.08 Å². The summed E-state index contributed by atoms with van der Waals surface area (Å²) < 4.78 is 0. The maximum Gasteiger partial charge on any atom is 0.113 e. The number of alkyl halides is 1. The van der Waals surface area contributed by atoms with Gasteiger partial charge in [-0.3, -0.25) is 0 Å². The Hall–Kier alpha value is -0.365. The van der Waals surface area contributed by atoms with Gasteiger partial charge in [0, 0.05) is 0 Å². The second kappa shape index (κ2) is 2.27. The van der Waals surface area contributed by atoms with Crippen molar-refractivity contribution < 1.29 is 0 Å². The Morgan fingerprint density at radius 3 is 2.88 bits per heavy atom. The van der Waals surface area contributed by atoms with E-state index in [-0.39, 0.29) is 5.50 Å². The van der Waals surface area contributed by atoms with Crippen molar-refractivity contribution >= 4 is 19.4 Å². The maximum atomic E-state index is 5.61. The quantitative estimate of drug-likeness (QED) is 0.286. The predicted molar refractivity (Wildman–Crippen MR) is 35.8 cm³/mol. The number of hydrogen-bond donors (Lipinski definition) is 1. The zero-order valence-corrected chi connectivity index (χ0v) is 5.02. The van der Waals surface area contributed by atoms with Gasteiger partial charge in [0.2, 0.25) is 0 Å². The average Bonchev–Trinajstić information content (AvgIpc) is 1.77. The van der Waals surface area contributed by atoms with E-state index in [0.717, 1.165) is 0 Å². The number of nitrogens with one attached hydrogen (secondary N) is 1. The van der Waals surface area contributed by atoms with E-state index >= 15 is 0 Å². The molecule has 1 nitrogen and oxygen atoms in total. The fraction of sp³-hybridized carbons (Fsp3) is 0.200. The lowest BCUT2D eigenvalue weighted by atomic mass is 9.94. The van der Waals surface area contributed by atoms with Crippen molar-refractivity contribution in [1.29, 1.82) is 0 Å². The van der Waals surface area contributed by atoms with Crippen LogP contribution in [-0.4, -0.2) is 13.3 Å². The average molecular weight is 125 g/mol. The van der Waals surface area contributed by atoms with Crippen LogP contribution in [0.4, 0.5) is 0 Å². The van der Waals surface area contributed by atoms with Gasteiger partial charge in [0.1, 0.15) is 13.3 Å². The minimum atomic E-state index is -0.222. The Bertz CT molecular complexity index is 141.